The molecule has 1 atom stereocenters. The van der Waals surface area contributed by atoms with E-state index >= 15 is 0 Å². The molecule has 2 nitrogen and oxygen atoms in total. The highest BCUT2D eigenvalue weighted by atomic mass is 35.5. The lowest BCUT2D eigenvalue weighted by Gasteiger charge is -2.27. The predicted molar refractivity (Wildman–Crippen MR) is 57.0 cm³/mol. The Balaban J connectivity index is 4.12. The quantitative estimate of drug-likeness (QED) is 0.649. The molecule has 0 bridgehead atoms. The zero-order chi connectivity index (χ0) is 10.6. The Bertz CT molecular complexity index is 174. The number of amides is 1. The second-order valence-corrected chi connectivity index (χ2v) is 5.05. The topological polar surface area (TPSA) is 20.3 Å². The van der Waals surface area contributed by atoms with E-state index in [1.807, 2.05) is 6.92 Å². The number of carbonyl (C=O) groups excluding carboxylic acids is 1. The van der Waals surface area contributed by atoms with Crippen LogP contribution >= 0.6 is 11.6 Å². The Kier molecular flexibility index (Phi) is 4.76. The molecular formula is C10H20ClNO. The van der Waals surface area contributed by atoms with E-state index in [9.17, 15) is 4.79 Å². The number of carbonyl (C=O) groups is 1. The highest BCUT2D eigenvalue weighted by Gasteiger charge is 2.21. The van der Waals surface area contributed by atoms with E-state index in [1.54, 1.807) is 11.9 Å². The van der Waals surface area contributed by atoms with Gasteiger partial charge in [-0.2, -0.15) is 0 Å². The summed E-state index contributed by atoms with van der Waals surface area (Å²) >= 11 is 5.67. The maximum absolute atomic E-state index is 11.6. The monoisotopic (exact) mass is 205 g/mol. The summed E-state index contributed by atoms with van der Waals surface area (Å²) in [5.74, 6) is 0.660. The van der Waals surface area contributed by atoms with Crippen LogP contribution in [0.3, 0.4) is 0 Å². The molecule has 0 saturated heterocycles. The van der Waals surface area contributed by atoms with Gasteiger partial charge in [-0.05, 0) is 12.3 Å². The molecule has 0 radical (unpaired) electrons. The van der Waals surface area contributed by atoms with E-state index < -0.39 is 0 Å². The van der Waals surface area contributed by atoms with Crippen LogP contribution in [0.1, 0.15) is 34.1 Å². The number of rotatable bonds is 3. The molecule has 0 aliphatic rings. The number of nitrogens with zero attached hydrogens (tertiary/aromatic N) is 1. The van der Waals surface area contributed by atoms with Gasteiger partial charge in [0.2, 0.25) is 5.91 Å². The third-order valence-electron chi connectivity index (χ3n) is 1.96. The molecular weight excluding hydrogens is 186 g/mol. The van der Waals surface area contributed by atoms with Crippen LogP contribution in [0.5, 0.6) is 0 Å². The summed E-state index contributed by atoms with van der Waals surface area (Å²) in [7, 11) is 1.81. The van der Waals surface area contributed by atoms with E-state index in [0.717, 1.165) is 0 Å². The van der Waals surface area contributed by atoms with E-state index in [1.165, 1.54) is 0 Å². The molecule has 0 aliphatic carbocycles. The summed E-state index contributed by atoms with van der Waals surface area (Å²) in [6.45, 7) is 8.13. The summed E-state index contributed by atoms with van der Waals surface area (Å²) < 4.78 is 0. The zero-order valence-electron chi connectivity index (χ0n) is 9.22. The van der Waals surface area contributed by atoms with Crippen molar-refractivity contribution in [2.45, 2.75) is 40.2 Å². The standard InChI is InChI=1S/C10H20ClNO/c1-8(7-11)12(5)9(13)6-10(2,3)4/h8H,6-7H2,1-5H3. The van der Waals surface area contributed by atoms with Gasteiger partial charge in [0.25, 0.3) is 0 Å². The Morgan fingerprint density at radius 2 is 1.92 bits per heavy atom. The van der Waals surface area contributed by atoms with Gasteiger partial charge in [0.15, 0.2) is 0 Å². The van der Waals surface area contributed by atoms with Crippen molar-refractivity contribution in [1.82, 2.24) is 4.90 Å². The summed E-state index contributed by atoms with van der Waals surface area (Å²) in [6, 6.07) is 0.122. The van der Waals surface area contributed by atoms with E-state index in [2.05, 4.69) is 20.8 Å². The molecule has 0 saturated carbocycles. The van der Waals surface area contributed by atoms with Crippen LogP contribution < -0.4 is 0 Å². The first-order valence-corrected chi connectivity index (χ1v) is 5.13. The van der Waals surface area contributed by atoms with Gasteiger partial charge in [-0.15, -0.1) is 11.6 Å². The Morgan fingerprint density at radius 1 is 1.46 bits per heavy atom. The first kappa shape index (κ1) is 12.8. The number of halogens is 1. The minimum Gasteiger partial charge on any atom is -0.342 e. The average molecular weight is 206 g/mol. The van der Waals surface area contributed by atoms with Gasteiger partial charge in [-0.1, -0.05) is 20.8 Å². The fourth-order valence-electron chi connectivity index (χ4n) is 0.928. The van der Waals surface area contributed by atoms with E-state index in [-0.39, 0.29) is 17.4 Å². The molecule has 0 heterocycles. The minimum atomic E-state index is 0.0530. The molecule has 13 heavy (non-hydrogen) atoms. The molecule has 0 aromatic heterocycles. The fraction of sp³-hybridized carbons (Fsp3) is 0.900. The van der Waals surface area contributed by atoms with Crippen LogP contribution in [-0.2, 0) is 4.79 Å². The van der Waals surface area contributed by atoms with Gasteiger partial charge < -0.3 is 4.90 Å². The highest BCUT2D eigenvalue weighted by Crippen LogP contribution is 2.20. The summed E-state index contributed by atoms with van der Waals surface area (Å²) in [6.07, 6.45) is 0.574. The SMILES string of the molecule is CC(CCl)N(C)C(=O)CC(C)(C)C. The number of alkyl halides is 1. The molecule has 3 heteroatoms. The maximum Gasteiger partial charge on any atom is 0.223 e. The molecule has 0 fully saturated rings. The Hall–Kier alpha value is -0.240. The molecule has 0 aromatic rings. The minimum absolute atomic E-state index is 0.0530. The van der Waals surface area contributed by atoms with Gasteiger partial charge >= 0.3 is 0 Å². The van der Waals surface area contributed by atoms with Gasteiger partial charge in [-0.3, -0.25) is 4.79 Å². The smallest absolute Gasteiger partial charge is 0.223 e. The third kappa shape index (κ3) is 5.14. The number of hydrogen-bond donors (Lipinski definition) is 0. The van der Waals surface area contributed by atoms with Crippen molar-refractivity contribution >= 4 is 17.5 Å². The van der Waals surface area contributed by atoms with Crippen LogP contribution in [-0.4, -0.2) is 29.8 Å². The summed E-state index contributed by atoms with van der Waals surface area (Å²) in [5, 5.41) is 0. The normalized spacial score (nSPS) is 14.0. The predicted octanol–water partition coefficient (Wildman–Crippen LogP) is 2.51. The zero-order valence-corrected chi connectivity index (χ0v) is 9.98. The summed E-state index contributed by atoms with van der Waals surface area (Å²) in [4.78, 5) is 13.3. The lowest BCUT2D eigenvalue weighted by molar-refractivity contribution is -0.133. The van der Waals surface area contributed by atoms with Gasteiger partial charge in [0.1, 0.15) is 0 Å². The lowest BCUT2D eigenvalue weighted by atomic mass is 9.91. The second-order valence-electron chi connectivity index (χ2n) is 4.75. The lowest BCUT2D eigenvalue weighted by Crippen LogP contribution is -2.37. The van der Waals surface area contributed by atoms with Crippen molar-refractivity contribution < 1.29 is 4.79 Å². The molecule has 0 rings (SSSR count). The molecule has 0 N–H and O–H groups in total. The van der Waals surface area contributed by atoms with Crippen molar-refractivity contribution in [2.24, 2.45) is 5.41 Å². The van der Waals surface area contributed by atoms with Gasteiger partial charge in [-0.25, -0.2) is 0 Å². The van der Waals surface area contributed by atoms with Crippen molar-refractivity contribution in [3.05, 3.63) is 0 Å². The second kappa shape index (κ2) is 4.85. The van der Waals surface area contributed by atoms with Crippen LogP contribution in [0.25, 0.3) is 0 Å². The molecule has 1 unspecified atom stereocenters. The molecule has 0 aliphatic heterocycles. The van der Waals surface area contributed by atoms with Crippen molar-refractivity contribution in [3.63, 3.8) is 0 Å². The number of hydrogen-bond acceptors (Lipinski definition) is 1. The van der Waals surface area contributed by atoms with Crippen molar-refractivity contribution in [3.8, 4) is 0 Å². The molecule has 0 aromatic carbocycles. The largest absolute Gasteiger partial charge is 0.342 e. The van der Waals surface area contributed by atoms with Gasteiger partial charge in [0.05, 0.1) is 0 Å². The Morgan fingerprint density at radius 3 is 2.23 bits per heavy atom. The van der Waals surface area contributed by atoms with Gasteiger partial charge in [0, 0.05) is 25.4 Å². The van der Waals surface area contributed by atoms with Crippen LogP contribution in [0.4, 0.5) is 0 Å². The molecule has 78 valence electrons. The first-order valence-electron chi connectivity index (χ1n) is 4.59. The molecule has 0 spiro atoms. The van der Waals surface area contributed by atoms with Crippen LogP contribution in [0.15, 0.2) is 0 Å². The van der Waals surface area contributed by atoms with E-state index in [4.69, 9.17) is 11.6 Å². The fourth-order valence-corrected chi connectivity index (χ4v) is 1.13. The summed E-state index contributed by atoms with van der Waals surface area (Å²) in [5.41, 5.74) is 0.0530. The van der Waals surface area contributed by atoms with Crippen LogP contribution in [0, 0.1) is 5.41 Å². The van der Waals surface area contributed by atoms with E-state index in [0.29, 0.717) is 12.3 Å². The van der Waals surface area contributed by atoms with Crippen molar-refractivity contribution in [2.75, 3.05) is 12.9 Å². The maximum atomic E-state index is 11.6. The molecule has 1 amide bonds. The van der Waals surface area contributed by atoms with Crippen LogP contribution in [0.2, 0.25) is 0 Å². The average Bonchev–Trinajstić information content (AvgIpc) is 1.98. The first-order chi connectivity index (χ1) is 5.78. The third-order valence-corrected chi connectivity index (χ3v) is 2.41. The highest BCUT2D eigenvalue weighted by molar-refractivity contribution is 6.18. The Labute approximate surface area is 86.2 Å². The van der Waals surface area contributed by atoms with Crippen molar-refractivity contribution in [1.29, 1.82) is 0 Å².